The minimum atomic E-state index is 0.124. The van der Waals surface area contributed by atoms with Crippen LogP contribution < -0.4 is 5.73 Å². The number of nitrogens with two attached hydrogens (primary N) is 1. The summed E-state index contributed by atoms with van der Waals surface area (Å²) in [6.07, 6.45) is 2.86. The monoisotopic (exact) mass is 124 g/mol. The Hall–Kier alpha value is -0.630. The molecule has 0 saturated heterocycles. The molecule has 2 heteroatoms. The van der Waals surface area contributed by atoms with Crippen molar-refractivity contribution in [1.82, 2.24) is 0 Å². The summed E-state index contributed by atoms with van der Waals surface area (Å²) in [5.74, 6) is 0. The third kappa shape index (κ3) is 1.39. The predicted octanol–water partition coefficient (Wildman–Crippen LogP) is 1.08. The fourth-order valence-electron chi connectivity index (χ4n) is 0.849. The highest BCUT2D eigenvalue weighted by atomic mass is 14.8. The van der Waals surface area contributed by atoms with Gasteiger partial charge < -0.3 is 5.73 Å². The third-order valence-corrected chi connectivity index (χ3v) is 1.44. The molecular formula is C7H12N2. The van der Waals surface area contributed by atoms with Crippen molar-refractivity contribution in [3.8, 4) is 0 Å². The van der Waals surface area contributed by atoms with Gasteiger partial charge in [0, 0.05) is 24.4 Å². The minimum Gasteiger partial charge on any atom is -0.323 e. The van der Waals surface area contributed by atoms with Crippen LogP contribution in [-0.2, 0) is 0 Å². The molecular weight excluding hydrogens is 112 g/mol. The molecule has 0 radical (unpaired) electrons. The molecule has 0 bridgehead atoms. The van der Waals surface area contributed by atoms with Crippen molar-refractivity contribution in [1.29, 1.82) is 0 Å². The maximum atomic E-state index is 5.60. The molecule has 1 heterocycles. The quantitative estimate of drug-likeness (QED) is 0.558. The molecule has 1 atom stereocenters. The Morgan fingerprint density at radius 3 is 2.67 bits per heavy atom. The van der Waals surface area contributed by atoms with Gasteiger partial charge in [-0.25, -0.2) is 0 Å². The summed E-state index contributed by atoms with van der Waals surface area (Å²) in [4.78, 5) is 4.15. The molecule has 1 rings (SSSR count). The average Bonchev–Trinajstić information content (AvgIpc) is 2.14. The summed E-state index contributed by atoms with van der Waals surface area (Å²) < 4.78 is 0. The van der Waals surface area contributed by atoms with E-state index in [4.69, 9.17) is 5.73 Å². The number of rotatable bonds is 1. The summed E-state index contributed by atoms with van der Waals surface area (Å²) in [5, 5.41) is 0. The Labute approximate surface area is 55.5 Å². The van der Waals surface area contributed by atoms with Gasteiger partial charge in [-0.05, 0) is 19.4 Å². The first-order valence-corrected chi connectivity index (χ1v) is 3.18. The van der Waals surface area contributed by atoms with E-state index in [9.17, 15) is 0 Å². The van der Waals surface area contributed by atoms with E-state index in [1.807, 2.05) is 13.1 Å². The Balaban J connectivity index is 2.54. The molecule has 0 saturated carbocycles. The maximum absolute atomic E-state index is 5.60. The summed E-state index contributed by atoms with van der Waals surface area (Å²) in [5.41, 5.74) is 8.01. The van der Waals surface area contributed by atoms with Gasteiger partial charge >= 0.3 is 0 Å². The molecule has 0 aromatic heterocycles. The molecule has 1 aliphatic rings. The second-order valence-electron chi connectivity index (χ2n) is 2.56. The molecule has 0 amide bonds. The lowest BCUT2D eigenvalue weighted by Gasteiger charge is -2.02. The van der Waals surface area contributed by atoms with Gasteiger partial charge in [0.2, 0.25) is 0 Å². The topological polar surface area (TPSA) is 38.4 Å². The molecule has 9 heavy (non-hydrogen) atoms. The van der Waals surface area contributed by atoms with Gasteiger partial charge in [0.25, 0.3) is 0 Å². The lowest BCUT2D eigenvalue weighted by molar-refractivity contribution is 0.955. The number of nitrogens with zero attached hydrogens (tertiary/aromatic N) is 1. The van der Waals surface area contributed by atoms with Crippen LogP contribution in [0, 0.1) is 0 Å². The van der Waals surface area contributed by atoms with Gasteiger partial charge in [0.15, 0.2) is 0 Å². The fourth-order valence-corrected chi connectivity index (χ4v) is 0.849. The first-order valence-electron chi connectivity index (χ1n) is 3.18. The number of aliphatic imine (C=N–C) groups is 1. The standard InChI is InChI=1S/C7H12N2/c1-5-3-7(6(2)8)9-4-5/h4,6H,3,8H2,1-2H3/t6-/m1/s1. The molecule has 0 aromatic rings. The predicted molar refractivity (Wildman–Crippen MR) is 39.5 cm³/mol. The van der Waals surface area contributed by atoms with Gasteiger partial charge in [-0.1, -0.05) is 0 Å². The van der Waals surface area contributed by atoms with E-state index in [0.29, 0.717) is 0 Å². The van der Waals surface area contributed by atoms with Crippen molar-refractivity contribution in [2.75, 3.05) is 0 Å². The largest absolute Gasteiger partial charge is 0.323 e. The summed E-state index contributed by atoms with van der Waals surface area (Å²) >= 11 is 0. The Kier molecular flexibility index (Phi) is 1.67. The molecule has 0 unspecified atom stereocenters. The fraction of sp³-hybridized carbons (Fsp3) is 0.571. The van der Waals surface area contributed by atoms with Crippen molar-refractivity contribution in [2.45, 2.75) is 26.3 Å². The summed E-state index contributed by atoms with van der Waals surface area (Å²) in [6, 6.07) is 0.124. The Morgan fingerprint density at radius 2 is 2.44 bits per heavy atom. The van der Waals surface area contributed by atoms with Crippen LogP contribution in [0.3, 0.4) is 0 Å². The van der Waals surface area contributed by atoms with E-state index in [2.05, 4.69) is 11.9 Å². The first-order chi connectivity index (χ1) is 4.20. The zero-order chi connectivity index (χ0) is 6.85. The van der Waals surface area contributed by atoms with E-state index >= 15 is 0 Å². The van der Waals surface area contributed by atoms with Gasteiger partial charge in [-0.3, -0.25) is 4.99 Å². The molecule has 50 valence electrons. The van der Waals surface area contributed by atoms with Crippen molar-refractivity contribution in [2.24, 2.45) is 10.7 Å². The van der Waals surface area contributed by atoms with Crippen molar-refractivity contribution >= 4 is 5.71 Å². The van der Waals surface area contributed by atoms with E-state index in [-0.39, 0.29) is 6.04 Å². The van der Waals surface area contributed by atoms with Crippen LogP contribution in [0.4, 0.5) is 0 Å². The van der Waals surface area contributed by atoms with Gasteiger partial charge in [0.1, 0.15) is 0 Å². The zero-order valence-corrected chi connectivity index (χ0v) is 5.89. The first kappa shape index (κ1) is 6.49. The van der Waals surface area contributed by atoms with E-state index in [1.165, 1.54) is 5.57 Å². The average molecular weight is 124 g/mol. The summed E-state index contributed by atoms with van der Waals surface area (Å²) in [6.45, 7) is 4.03. The highest BCUT2D eigenvalue weighted by Gasteiger charge is 2.09. The lowest BCUT2D eigenvalue weighted by atomic mass is 10.1. The molecule has 0 fully saturated rings. The molecule has 0 spiro atoms. The van der Waals surface area contributed by atoms with Crippen LogP contribution >= 0.6 is 0 Å². The van der Waals surface area contributed by atoms with Gasteiger partial charge in [-0.15, -0.1) is 0 Å². The van der Waals surface area contributed by atoms with Gasteiger partial charge in [-0.2, -0.15) is 0 Å². The Morgan fingerprint density at radius 1 is 1.78 bits per heavy atom. The second-order valence-corrected chi connectivity index (χ2v) is 2.56. The zero-order valence-electron chi connectivity index (χ0n) is 5.89. The smallest absolute Gasteiger partial charge is 0.0404 e. The van der Waals surface area contributed by atoms with Crippen LogP contribution in [0.15, 0.2) is 16.8 Å². The third-order valence-electron chi connectivity index (χ3n) is 1.44. The maximum Gasteiger partial charge on any atom is 0.0404 e. The molecule has 2 nitrogen and oxygen atoms in total. The van der Waals surface area contributed by atoms with Crippen molar-refractivity contribution < 1.29 is 0 Å². The number of hydrogen-bond donors (Lipinski definition) is 1. The van der Waals surface area contributed by atoms with Crippen LogP contribution in [-0.4, -0.2) is 11.8 Å². The van der Waals surface area contributed by atoms with Crippen LogP contribution in [0.25, 0.3) is 0 Å². The van der Waals surface area contributed by atoms with Gasteiger partial charge in [0.05, 0.1) is 0 Å². The van der Waals surface area contributed by atoms with Crippen LogP contribution in [0.2, 0.25) is 0 Å². The number of allylic oxidation sites excluding steroid dienone is 1. The van der Waals surface area contributed by atoms with E-state index in [0.717, 1.165) is 12.1 Å². The number of hydrogen-bond acceptors (Lipinski definition) is 2. The Bertz CT molecular complexity index is 166. The van der Waals surface area contributed by atoms with E-state index < -0.39 is 0 Å². The molecule has 2 N–H and O–H groups in total. The highest BCUT2D eigenvalue weighted by Crippen LogP contribution is 2.11. The lowest BCUT2D eigenvalue weighted by Crippen LogP contribution is -2.25. The molecule has 0 aromatic carbocycles. The van der Waals surface area contributed by atoms with Crippen molar-refractivity contribution in [3.05, 3.63) is 11.8 Å². The summed E-state index contributed by atoms with van der Waals surface area (Å²) in [7, 11) is 0. The second kappa shape index (κ2) is 2.31. The minimum absolute atomic E-state index is 0.124. The molecule has 0 aliphatic carbocycles. The van der Waals surface area contributed by atoms with E-state index in [1.54, 1.807) is 0 Å². The normalized spacial score (nSPS) is 21.2. The van der Waals surface area contributed by atoms with Crippen molar-refractivity contribution in [3.63, 3.8) is 0 Å². The SMILES string of the molecule is CC1=CN=C([C@@H](C)N)C1. The van der Waals surface area contributed by atoms with Crippen LogP contribution in [0.5, 0.6) is 0 Å². The van der Waals surface area contributed by atoms with Crippen LogP contribution in [0.1, 0.15) is 20.3 Å². The highest BCUT2D eigenvalue weighted by molar-refractivity contribution is 5.93. The molecule has 1 aliphatic heterocycles.